The Morgan fingerprint density at radius 1 is 0.737 bits per heavy atom. The van der Waals surface area contributed by atoms with Crippen molar-refractivity contribution in [3.63, 3.8) is 0 Å². The third-order valence-electron chi connectivity index (χ3n) is 5.15. The first-order chi connectivity index (χ1) is 18.3. The molecule has 190 valence electrons. The van der Waals surface area contributed by atoms with Crippen molar-refractivity contribution in [3.8, 4) is 5.75 Å². The third-order valence-corrected chi connectivity index (χ3v) is 5.95. The molecule has 0 aromatic heterocycles. The molecule has 0 aliphatic rings. The summed E-state index contributed by atoms with van der Waals surface area (Å²) in [5.74, 6) is -1.22. The SMILES string of the molecule is O=C(N/N=C\c1ccccc1OC(=O)c1ccc(Cl)cc1Cl)c1ccc(NC(=O)c2ccc(Cl)cc2)cc1. The van der Waals surface area contributed by atoms with Crippen molar-refractivity contribution in [2.45, 2.75) is 0 Å². The summed E-state index contributed by atoms with van der Waals surface area (Å²) in [6.07, 6.45) is 1.35. The fourth-order valence-corrected chi connectivity index (χ4v) is 3.84. The molecule has 0 unspecified atom stereocenters. The van der Waals surface area contributed by atoms with Crippen molar-refractivity contribution in [1.29, 1.82) is 0 Å². The molecule has 0 aliphatic heterocycles. The molecule has 10 heteroatoms. The number of para-hydroxylation sites is 1. The summed E-state index contributed by atoms with van der Waals surface area (Å²) in [6.45, 7) is 0. The summed E-state index contributed by atoms with van der Waals surface area (Å²) in [5, 5.41) is 7.81. The molecule has 2 N–H and O–H groups in total. The number of nitrogens with zero attached hydrogens (tertiary/aromatic N) is 1. The molecule has 2 amide bonds. The van der Waals surface area contributed by atoms with Gasteiger partial charge >= 0.3 is 5.97 Å². The molecule has 0 atom stereocenters. The average molecular weight is 567 g/mol. The number of amides is 2. The van der Waals surface area contributed by atoms with Gasteiger partial charge in [0.1, 0.15) is 5.75 Å². The van der Waals surface area contributed by atoms with E-state index in [9.17, 15) is 14.4 Å². The molecule has 4 aromatic rings. The quantitative estimate of drug-likeness (QED) is 0.110. The Morgan fingerprint density at radius 2 is 1.37 bits per heavy atom. The first kappa shape index (κ1) is 26.9. The lowest BCUT2D eigenvalue weighted by Crippen LogP contribution is -2.18. The van der Waals surface area contributed by atoms with Crippen LogP contribution in [0.1, 0.15) is 36.6 Å². The van der Waals surface area contributed by atoms with Crippen LogP contribution in [0.3, 0.4) is 0 Å². The number of esters is 1. The Labute approximate surface area is 233 Å². The second-order valence-electron chi connectivity index (χ2n) is 7.79. The van der Waals surface area contributed by atoms with E-state index in [4.69, 9.17) is 39.5 Å². The molecular formula is C28H18Cl3N3O4. The van der Waals surface area contributed by atoms with Gasteiger partial charge in [-0.25, -0.2) is 10.2 Å². The van der Waals surface area contributed by atoms with Crippen molar-refractivity contribution < 1.29 is 19.1 Å². The number of halogens is 3. The predicted octanol–water partition coefficient (Wildman–Crippen LogP) is 6.88. The lowest BCUT2D eigenvalue weighted by molar-refractivity contribution is 0.0734. The maximum Gasteiger partial charge on any atom is 0.345 e. The van der Waals surface area contributed by atoms with E-state index in [2.05, 4.69) is 15.8 Å². The van der Waals surface area contributed by atoms with Gasteiger partial charge in [0.05, 0.1) is 16.8 Å². The largest absolute Gasteiger partial charge is 0.422 e. The van der Waals surface area contributed by atoms with Crippen LogP contribution in [0.25, 0.3) is 0 Å². The molecule has 4 aromatic carbocycles. The van der Waals surface area contributed by atoms with E-state index in [0.29, 0.717) is 32.4 Å². The molecule has 0 saturated carbocycles. The molecule has 0 aliphatic carbocycles. The van der Waals surface area contributed by atoms with Crippen LogP contribution in [0, 0.1) is 0 Å². The van der Waals surface area contributed by atoms with Crippen LogP contribution in [0.15, 0.2) is 96.1 Å². The standard InChI is InChI=1S/C28H18Cl3N3O4/c29-20-9-5-17(6-10-20)26(35)33-22-12-7-18(8-13-22)27(36)34-32-16-19-3-1-2-4-25(19)38-28(37)23-14-11-21(30)15-24(23)31/h1-16H,(H,33,35)(H,34,36)/b32-16-. The smallest absolute Gasteiger partial charge is 0.345 e. The van der Waals surface area contributed by atoms with Gasteiger partial charge in [0, 0.05) is 32.4 Å². The Morgan fingerprint density at radius 3 is 2.08 bits per heavy atom. The fraction of sp³-hybridized carbons (Fsp3) is 0. The van der Waals surface area contributed by atoms with Crippen LogP contribution < -0.4 is 15.5 Å². The molecule has 0 saturated heterocycles. The molecule has 0 fully saturated rings. The summed E-state index contributed by atoms with van der Waals surface area (Å²) in [7, 11) is 0. The van der Waals surface area contributed by atoms with E-state index in [1.54, 1.807) is 72.8 Å². The number of hydrogen-bond donors (Lipinski definition) is 2. The summed E-state index contributed by atoms with van der Waals surface area (Å²) >= 11 is 17.8. The van der Waals surface area contributed by atoms with E-state index in [-0.39, 0.29) is 22.2 Å². The highest BCUT2D eigenvalue weighted by Gasteiger charge is 2.15. The molecule has 0 bridgehead atoms. The number of hydrogen-bond acceptors (Lipinski definition) is 5. The van der Waals surface area contributed by atoms with Gasteiger partial charge in [-0.1, -0.05) is 46.9 Å². The van der Waals surface area contributed by atoms with Gasteiger partial charge in [0.25, 0.3) is 11.8 Å². The third kappa shape index (κ3) is 6.98. The van der Waals surface area contributed by atoms with Gasteiger partial charge in [0.15, 0.2) is 0 Å². The normalized spacial score (nSPS) is 10.7. The molecule has 0 spiro atoms. The monoisotopic (exact) mass is 565 g/mol. The van der Waals surface area contributed by atoms with Gasteiger partial charge in [-0.05, 0) is 78.9 Å². The zero-order chi connectivity index (χ0) is 27.1. The number of carbonyl (C=O) groups excluding carboxylic acids is 3. The van der Waals surface area contributed by atoms with Gasteiger partial charge < -0.3 is 10.1 Å². The fourth-order valence-electron chi connectivity index (χ4n) is 3.22. The van der Waals surface area contributed by atoms with Crippen molar-refractivity contribution in [1.82, 2.24) is 5.43 Å². The summed E-state index contributed by atoms with van der Waals surface area (Å²) < 4.78 is 5.47. The van der Waals surface area contributed by atoms with E-state index in [1.165, 1.54) is 24.4 Å². The van der Waals surface area contributed by atoms with Gasteiger partial charge in [0.2, 0.25) is 0 Å². The molecule has 38 heavy (non-hydrogen) atoms. The number of carbonyl (C=O) groups is 3. The first-order valence-electron chi connectivity index (χ1n) is 11.1. The van der Waals surface area contributed by atoms with Crippen molar-refractivity contribution >= 4 is 64.5 Å². The predicted molar refractivity (Wildman–Crippen MR) is 149 cm³/mol. The highest BCUT2D eigenvalue weighted by atomic mass is 35.5. The second kappa shape index (κ2) is 12.4. The number of benzene rings is 4. The minimum absolute atomic E-state index is 0.156. The van der Waals surface area contributed by atoms with Gasteiger partial charge in [-0.2, -0.15) is 5.10 Å². The minimum atomic E-state index is -0.667. The van der Waals surface area contributed by atoms with Crippen LogP contribution in [-0.4, -0.2) is 24.0 Å². The van der Waals surface area contributed by atoms with Crippen LogP contribution >= 0.6 is 34.8 Å². The molecule has 4 rings (SSSR count). The van der Waals surface area contributed by atoms with Crippen LogP contribution in [-0.2, 0) is 0 Å². The zero-order valence-electron chi connectivity index (χ0n) is 19.5. The van der Waals surface area contributed by atoms with Crippen molar-refractivity contribution in [2.24, 2.45) is 5.10 Å². The summed E-state index contributed by atoms with van der Waals surface area (Å²) in [6, 6.07) is 23.9. The number of ether oxygens (including phenoxy) is 1. The van der Waals surface area contributed by atoms with Crippen LogP contribution in [0.4, 0.5) is 5.69 Å². The summed E-state index contributed by atoms with van der Waals surface area (Å²) in [4.78, 5) is 37.4. The van der Waals surface area contributed by atoms with E-state index in [0.717, 1.165) is 0 Å². The topological polar surface area (TPSA) is 96.9 Å². The van der Waals surface area contributed by atoms with Gasteiger partial charge in [-0.3, -0.25) is 9.59 Å². The first-order valence-corrected chi connectivity index (χ1v) is 12.2. The van der Waals surface area contributed by atoms with E-state index < -0.39 is 11.9 Å². The average Bonchev–Trinajstić information content (AvgIpc) is 2.90. The Hall–Kier alpha value is -4.17. The maximum absolute atomic E-state index is 12.6. The van der Waals surface area contributed by atoms with E-state index in [1.807, 2.05) is 0 Å². The Kier molecular flexibility index (Phi) is 8.76. The molecule has 7 nitrogen and oxygen atoms in total. The second-order valence-corrected chi connectivity index (χ2v) is 9.07. The number of hydrazone groups is 1. The molecule has 0 heterocycles. The van der Waals surface area contributed by atoms with Crippen molar-refractivity contribution in [2.75, 3.05) is 5.32 Å². The number of anilines is 1. The molecule has 0 radical (unpaired) electrons. The number of rotatable bonds is 7. The maximum atomic E-state index is 12.6. The molecular weight excluding hydrogens is 549 g/mol. The Bertz CT molecular complexity index is 1520. The zero-order valence-corrected chi connectivity index (χ0v) is 21.7. The Balaban J connectivity index is 1.36. The van der Waals surface area contributed by atoms with Crippen LogP contribution in [0.5, 0.6) is 5.75 Å². The highest BCUT2D eigenvalue weighted by Crippen LogP contribution is 2.24. The number of nitrogens with one attached hydrogen (secondary N) is 2. The summed E-state index contributed by atoms with van der Waals surface area (Å²) in [5.41, 5.74) is 4.32. The van der Waals surface area contributed by atoms with Crippen LogP contribution in [0.2, 0.25) is 15.1 Å². The van der Waals surface area contributed by atoms with Crippen molar-refractivity contribution in [3.05, 3.63) is 128 Å². The minimum Gasteiger partial charge on any atom is -0.422 e. The lowest BCUT2D eigenvalue weighted by atomic mass is 10.1. The lowest BCUT2D eigenvalue weighted by Gasteiger charge is -2.08. The highest BCUT2D eigenvalue weighted by molar-refractivity contribution is 6.36. The van der Waals surface area contributed by atoms with Gasteiger partial charge in [-0.15, -0.1) is 0 Å². The van der Waals surface area contributed by atoms with E-state index >= 15 is 0 Å².